The summed E-state index contributed by atoms with van der Waals surface area (Å²) < 4.78 is 0.924. The van der Waals surface area contributed by atoms with Crippen molar-refractivity contribution < 1.29 is 4.79 Å². The van der Waals surface area contributed by atoms with Gasteiger partial charge in [0.1, 0.15) is 5.82 Å². The molecule has 0 spiro atoms. The minimum Gasteiger partial charge on any atom is -0.369 e. The summed E-state index contributed by atoms with van der Waals surface area (Å²) in [6, 6.07) is 1.96. The van der Waals surface area contributed by atoms with Crippen molar-refractivity contribution in [3.05, 3.63) is 22.3 Å². The van der Waals surface area contributed by atoms with Gasteiger partial charge in [0.25, 0.3) is 0 Å². The lowest BCUT2D eigenvalue weighted by Crippen LogP contribution is -2.28. The van der Waals surface area contributed by atoms with Crippen molar-refractivity contribution in [1.82, 2.24) is 10.3 Å². The first-order chi connectivity index (χ1) is 6.75. The minimum absolute atomic E-state index is 0.0723. The standard InChI is InChI=1S/C9H10BrN3O/c10-7-3-6-4-12-8(14)1-2-11-9(6)13-5-7/h3,5H,1-2,4H2,(H,11,13)(H,12,14). The number of amides is 1. The van der Waals surface area contributed by atoms with Gasteiger partial charge < -0.3 is 10.6 Å². The number of hydrogen-bond acceptors (Lipinski definition) is 3. The van der Waals surface area contributed by atoms with Gasteiger partial charge in [-0.15, -0.1) is 0 Å². The Kier molecular flexibility index (Phi) is 2.67. The molecule has 0 aliphatic carbocycles. The van der Waals surface area contributed by atoms with Crippen molar-refractivity contribution in [2.24, 2.45) is 0 Å². The Balaban J connectivity index is 2.29. The number of rotatable bonds is 0. The number of carbonyl (C=O) groups is 1. The summed E-state index contributed by atoms with van der Waals surface area (Å²) >= 11 is 3.35. The van der Waals surface area contributed by atoms with Crippen LogP contribution < -0.4 is 10.6 Å². The number of anilines is 1. The molecule has 5 heteroatoms. The zero-order valence-corrected chi connectivity index (χ0v) is 9.10. The zero-order valence-electron chi connectivity index (χ0n) is 7.51. The lowest BCUT2D eigenvalue weighted by molar-refractivity contribution is -0.121. The predicted molar refractivity (Wildman–Crippen MR) is 56.9 cm³/mol. The highest BCUT2D eigenvalue weighted by Crippen LogP contribution is 2.18. The Morgan fingerprint density at radius 3 is 3.14 bits per heavy atom. The van der Waals surface area contributed by atoms with Gasteiger partial charge in [0.15, 0.2) is 0 Å². The Bertz CT molecular complexity index is 367. The van der Waals surface area contributed by atoms with E-state index >= 15 is 0 Å². The normalized spacial score (nSPS) is 15.9. The van der Waals surface area contributed by atoms with E-state index in [2.05, 4.69) is 31.5 Å². The number of hydrogen-bond donors (Lipinski definition) is 2. The quantitative estimate of drug-likeness (QED) is 0.735. The molecule has 74 valence electrons. The second-order valence-electron chi connectivity index (χ2n) is 3.11. The van der Waals surface area contributed by atoms with Crippen LogP contribution in [0.1, 0.15) is 12.0 Å². The summed E-state index contributed by atoms with van der Waals surface area (Å²) in [6.45, 7) is 1.17. The zero-order chi connectivity index (χ0) is 9.97. The van der Waals surface area contributed by atoms with Crippen LogP contribution in [0.4, 0.5) is 5.82 Å². The number of pyridine rings is 1. The van der Waals surface area contributed by atoms with Crippen molar-refractivity contribution in [2.75, 3.05) is 11.9 Å². The first-order valence-corrected chi connectivity index (χ1v) is 5.20. The van der Waals surface area contributed by atoms with Crippen LogP contribution in [0, 0.1) is 0 Å². The van der Waals surface area contributed by atoms with Crippen LogP contribution in [0.15, 0.2) is 16.7 Å². The van der Waals surface area contributed by atoms with Crippen LogP contribution in [-0.2, 0) is 11.3 Å². The van der Waals surface area contributed by atoms with Crippen LogP contribution in [0.2, 0.25) is 0 Å². The van der Waals surface area contributed by atoms with Crippen molar-refractivity contribution >= 4 is 27.7 Å². The summed E-state index contributed by atoms with van der Waals surface area (Å²) in [5, 5.41) is 5.96. The number of carbonyl (C=O) groups excluding carboxylic acids is 1. The number of aromatic nitrogens is 1. The Morgan fingerprint density at radius 1 is 1.43 bits per heavy atom. The SMILES string of the molecule is O=C1CCNc2ncc(Br)cc2CN1. The maximum absolute atomic E-state index is 11.1. The van der Waals surface area contributed by atoms with E-state index in [1.54, 1.807) is 6.20 Å². The fourth-order valence-electron chi connectivity index (χ4n) is 1.35. The van der Waals surface area contributed by atoms with Crippen LogP contribution >= 0.6 is 15.9 Å². The molecule has 0 fully saturated rings. The second-order valence-corrected chi connectivity index (χ2v) is 4.03. The molecule has 2 rings (SSSR count). The number of nitrogens with zero attached hydrogens (tertiary/aromatic N) is 1. The van der Waals surface area contributed by atoms with E-state index in [1.165, 1.54) is 0 Å². The van der Waals surface area contributed by atoms with Crippen molar-refractivity contribution in [3.8, 4) is 0 Å². The van der Waals surface area contributed by atoms with Crippen LogP contribution in [-0.4, -0.2) is 17.4 Å². The highest BCUT2D eigenvalue weighted by molar-refractivity contribution is 9.10. The van der Waals surface area contributed by atoms with Crippen molar-refractivity contribution in [3.63, 3.8) is 0 Å². The van der Waals surface area contributed by atoms with Crippen molar-refractivity contribution in [1.29, 1.82) is 0 Å². The molecule has 0 aromatic carbocycles. The number of halogens is 1. The fraction of sp³-hybridized carbons (Fsp3) is 0.333. The third-order valence-corrected chi connectivity index (χ3v) is 2.49. The molecule has 0 saturated carbocycles. The minimum atomic E-state index is 0.0723. The van der Waals surface area contributed by atoms with E-state index in [0.717, 1.165) is 15.9 Å². The molecular formula is C9H10BrN3O. The molecule has 14 heavy (non-hydrogen) atoms. The first-order valence-electron chi connectivity index (χ1n) is 4.41. The summed E-state index contributed by atoms with van der Waals surface area (Å²) in [7, 11) is 0. The van der Waals surface area contributed by atoms with Crippen LogP contribution in [0.25, 0.3) is 0 Å². The third kappa shape index (κ3) is 2.04. The van der Waals surface area contributed by atoms with Gasteiger partial charge >= 0.3 is 0 Å². The van der Waals surface area contributed by atoms with E-state index in [9.17, 15) is 4.79 Å². The molecule has 1 aliphatic heterocycles. The van der Waals surface area contributed by atoms with Crippen molar-refractivity contribution in [2.45, 2.75) is 13.0 Å². The molecule has 0 radical (unpaired) electrons. The lowest BCUT2D eigenvalue weighted by atomic mass is 10.2. The number of nitrogens with one attached hydrogen (secondary N) is 2. The molecule has 0 saturated heterocycles. The molecule has 2 heterocycles. The maximum Gasteiger partial charge on any atom is 0.222 e. The molecule has 1 aromatic heterocycles. The van der Waals surface area contributed by atoms with Gasteiger partial charge in [-0.2, -0.15) is 0 Å². The van der Waals surface area contributed by atoms with E-state index in [1.807, 2.05) is 6.07 Å². The Hall–Kier alpha value is -1.10. The van der Waals surface area contributed by atoms with Gasteiger partial charge in [-0.1, -0.05) is 0 Å². The highest BCUT2D eigenvalue weighted by atomic mass is 79.9. The first kappa shape index (κ1) is 9.45. The van der Waals surface area contributed by atoms with Gasteiger partial charge in [-0.05, 0) is 22.0 Å². The predicted octanol–water partition coefficient (Wildman–Crippen LogP) is 1.28. The maximum atomic E-state index is 11.1. The monoisotopic (exact) mass is 255 g/mol. The molecular weight excluding hydrogens is 246 g/mol. The van der Waals surface area contributed by atoms with Gasteiger partial charge in [0.05, 0.1) is 0 Å². The molecule has 1 aliphatic rings. The second kappa shape index (κ2) is 3.96. The smallest absolute Gasteiger partial charge is 0.222 e. The topological polar surface area (TPSA) is 54.0 Å². The largest absolute Gasteiger partial charge is 0.369 e. The fourth-order valence-corrected chi connectivity index (χ4v) is 1.73. The molecule has 4 nitrogen and oxygen atoms in total. The highest BCUT2D eigenvalue weighted by Gasteiger charge is 2.10. The van der Waals surface area contributed by atoms with E-state index in [-0.39, 0.29) is 5.91 Å². The molecule has 0 unspecified atom stereocenters. The molecule has 0 atom stereocenters. The van der Waals surface area contributed by atoms with Gasteiger partial charge in [-0.3, -0.25) is 4.79 Å². The number of fused-ring (bicyclic) bond motifs is 1. The summed E-state index contributed by atoms with van der Waals surface area (Å²) in [6.07, 6.45) is 2.24. The average molecular weight is 256 g/mol. The van der Waals surface area contributed by atoms with Crippen LogP contribution in [0.5, 0.6) is 0 Å². The summed E-state index contributed by atoms with van der Waals surface area (Å²) in [5.41, 5.74) is 1.01. The van der Waals surface area contributed by atoms with Gasteiger partial charge in [-0.25, -0.2) is 4.98 Å². The van der Waals surface area contributed by atoms with Gasteiger partial charge in [0, 0.05) is 35.7 Å². The Labute approximate surface area is 90.2 Å². The van der Waals surface area contributed by atoms with Crippen LogP contribution in [0.3, 0.4) is 0 Å². The molecule has 1 aromatic rings. The average Bonchev–Trinajstić information content (AvgIpc) is 2.15. The summed E-state index contributed by atoms with van der Waals surface area (Å²) in [5.74, 6) is 0.927. The van der Waals surface area contributed by atoms with E-state index in [4.69, 9.17) is 0 Å². The molecule has 0 bridgehead atoms. The molecule has 1 amide bonds. The van der Waals surface area contributed by atoms with E-state index < -0.39 is 0 Å². The molecule has 2 N–H and O–H groups in total. The third-order valence-electron chi connectivity index (χ3n) is 2.05. The lowest BCUT2D eigenvalue weighted by Gasteiger charge is -2.15. The summed E-state index contributed by atoms with van der Waals surface area (Å²) in [4.78, 5) is 15.4. The Morgan fingerprint density at radius 2 is 2.29 bits per heavy atom. The van der Waals surface area contributed by atoms with Gasteiger partial charge in [0.2, 0.25) is 5.91 Å². The van der Waals surface area contributed by atoms with E-state index in [0.29, 0.717) is 19.5 Å².